The third-order valence-corrected chi connectivity index (χ3v) is 5.09. The number of aryl methyl sites for hydroxylation is 1. The minimum absolute atomic E-state index is 0.148. The fourth-order valence-electron chi connectivity index (χ4n) is 3.37. The van der Waals surface area contributed by atoms with E-state index in [1.807, 2.05) is 22.8 Å². The van der Waals surface area contributed by atoms with Crippen molar-refractivity contribution in [1.82, 2.24) is 29.7 Å². The van der Waals surface area contributed by atoms with Crippen LogP contribution in [0.25, 0.3) is 17.0 Å². The van der Waals surface area contributed by atoms with E-state index in [-0.39, 0.29) is 5.95 Å². The molecule has 9 nitrogen and oxygen atoms in total. The van der Waals surface area contributed by atoms with Crippen molar-refractivity contribution in [3.05, 3.63) is 53.4 Å². The van der Waals surface area contributed by atoms with Gasteiger partial charge < -0.3 is 15.4 Å². The van der Waals surface area contributed by atoms with Crippen molar-refractivity contribution in [1.29, 1.82) is 0 Å². The van der Waals surface area contributed by atoms with Crippen molar-refractivity contribution in [2.24, 2.45) is 0 Å². The maximum atomic E-state index is 11.2. The lowest BCUT2D eigenvalue weighted by atomic mass is 9.92. The molecule has 4 aromatic rings. The van der Waals surface area contributed by atoms with Gasteiger partial charge in [-0.3, -0.25) is 4.57 Å². The van der Waals surface area contributed by atoms with Crippen LogP contribution < -0.4 is 5.73 Å². The number of hydrogen-bond acceptors (Lipinski definition) is 8. The molecule has 0 bridgehead atoms. The molecule has 1 unspecified atom stereocenters. The summed E-state index contributed by atoms with van der Waals surface area (Å²) in [7, 11) is 0. The molecule has 1 fully saturated rings. The van der Waals surface area contributed by atoms with Gasteiger partial charge in [0.15, 0.2) is 0 Å². The lowest BCUT2D eigenvalue weighted by Crippen LogP contribution is -2.23. The Hall–Kier alpha value is -3.33. The van der Waals surface area contributed by atoms with Crippen LogP contribution >= 0.6 is 0 Å². The van der Waals surface area contributed by atoms with Crippen molar-refractivity contribution in [3.8, 4) is 5.95 Å². The summed E-state index contributed by atoms with van der Waals surface area (Å²) in [6, 6.07) is 7.35. The number of aromatic nitrogens is 6. The lowest BCUT2D eigenvalue weighted by Gasteiger charge is -2.21. The summed E-state index contributed by atoms with van der Waals surface area (Å²) in [5.74, 6) is 2.47. The number of imidazole rings is 1. The number of hydrogen-bond donors (Lipinski definition) is 2. The Labute approximate surface area is 160 Å². The standard InChI is InChI=1S/C19H19N7O2/c1-10-7-15(25-28-10)19(2,27)12-5-6-13-14(8-12)26(16(23-13)11-3-4-11)18-22-9-21-17(20)24-18/h5-9,11,27H,3-4H2,1-2H3,(H2,20,21,22,24). The Bertz CT molecular complexity index is 1190. The van der Waals surface area contributed by atoms with Gasteiger partial charge in [-0.15, -0.1) is 0 Å². The summed E-state index contributed by atoms with van der Waals surface area (Å²) in [6.07, 6.45) is 3.54. The quantitative estimate of drug-likeness (QED) is 0.554. The van der Waals surface area contributed by atoms with Gasteiger partial charge in [0, 0.05) is 12.0 Å². The molecule has 9 heteroatoms. The molecule has 0 spiro atoms. The average Bonchev–Trinajstić information content (AvgIpc) is 3.30. The number of nitrogens with two attached hydrogens (primary N) is 1. The van der Waals surface area contributed by atoms with E-state index in [2.05, 4.69) is 20.1 Å². The van der Waals surface area contributed by atoms with Crippen LogP contribution in [-0.2, 0) is 5.60 Å². The van der Waals surface area contributed by atoms with Gasteiger partial charge in [0.2, 0.25) is 11.9 Å². The topological polar surface area (TPSA) is 129 Å². The average molecular weight is 377 g/mol. The van der Waals surface area contributed by atoms with Gasteiger partial charge >= 0.3 is 0 Å². The van der Waals surface area contributed by atoms with E-state index in [4.69, 9.17) is 15.2 Å². The summed E-state index contributed by atoms with van der Waals surface area (Å²) in [6.45, 7) is 3.48. The number of benzene rings is 1. The Kier molecular flexibility index (Phi) is 3.50. The molecule has 0 amide bonds. The maximum Gasteiger partial charge on any atom is 0.240 e. The first-order valence-electron chi connectivity index (χ1n) is 9.07. The van der Waals surface area contributed by atoms with Crippen molar-refractivity contribution < 1.29 is 9.63 Å². The maximum absolute atomic E-state index is 11.2. The highest BCUT2D eigenvalue weighted by molar-refractivity contribution is 5.79. The second-order valence-electron chi connectivity index (χ2n) is 7.32. The zero-order valence-corrected chi connectivity index (χ0v) is 15.5. The van der Waals surface area contributed by atoms with E-state index in [1.165, 1.54) is 6.33 Å². The predicted molar refractivity (Wildman–Crippen MR) is 101 cm³/mol. The first-order valence-corrected chi connectivity index (χ1v) is 9.07. The third-order valence-electron chi connectivity index (χ3n) is 5.09. The molecule has 1 saturated carbocycles. The second-order valence-corrected chi connectivity index (χ2v) is 7.32. The highest BCUT2D eigenvalue weighted by Gasteiger charge is 2.33. The molecular weight excluding hydrogens is 358 g/mol. The largest absolute Gasteiger partial charge is 0.379 e. The molecule has 0 saturated heterocycles. The van der Waals surface area contributed by atoms with E-state index in [1.54, 1.807) is 19.9 Å². The first kappa shape index (κ1) is 16.8. The molecule has 3 aromatic heterocycles. The molecule has 1 aliphatic carbocycles. The molecule has 3 N–H and O–H groups in total. The van der Waals surface area contributed by atoms with Gasteiger partial charge in [-0.05, 0) is 44.4 Å². The second kappa shape index (κ2) is 5.83. The zero-order valence-electron chi connectivity index (χ0n) is 15.5. The van der Waals surface area contributed by atoms with E-state index in [0.29, 0.717) is 28.9 Å². The Morgan fingerprint density at radius 3 is 2.71 bits per heavy atom. The van der Waals surface area contributed by atoms with E-state index >= 15 is 0 Å². The van der Waals surface area contributed by atoms with Crippen LogP contribution in [0.3, 0.4) is 0 Å². The number of fused-ring (bicyclic) bond motifs is 1. The van der Waals surface area contributed by atoms with Gasteiger partial charge in [-0.25, -0.2) is 15.0 Å². The third kappa shape index (κ3) is 2.63. The van der Waals surface area contributed by atoms with Crippen molar-refractivity contribution >= 4 is 17.0 Å². The van der Waals surface area contributed by atoms with Crippen LogP contribution in [0.4, 0.5) is 5.95 Å². The van der Waals surface area contributed by atoms with E-state index in [9.17, 15) is 5.11 Å². The molecule has 0 radical (unpaired) electrons. The molecule has 0 aliphatic heterocycles. The highest BCUT2D eigenvalue weighted by Crippen LogP contribution is 2.42. The smallest absolute Gasteiger partial charge is 0.240 e. The van der Waals surface area contributed by atoms with Gasteiger partial charge in [-0.2, -0.15) is 4.98 Å². The number of anilines is 1. The normalized spacial score (nSPS) is 16.4. The number of nitrogens with zero attached hydrogens (tertiary/aromatic N) is 6. The molecule has 3 heterocycles. The fraction of sp³-hybridized carbons (Fsp3) is 0.316. The van der Waals surface area contributed by atoms with Crippen LogP contribution in [0.15, 0.2) is 35.1 Å². The number of nitrogen functional groups attached to an aromatic ring is 1. The molecule has 28 heavy (non-hydrogen) atoms. The van der Waals surface area contributed by atoms with Gasteiger partial charge in [0.25, 0.3) is 0 Å². The first-order chi connectivity index (χ1) is 13.4. The van der Waals surface area contributed by atoms with Gasteiger partial charge in [0.1, 0.15) is 29.2 Å². The molecule has 1 atom stereocenters. The Morgan fingerprint density at radius 1 is 1.21 bits per heavy atom. The van der Waals surface area contributed by atoms with Crippen molar-refractivity contribution in [3.63, 3.8) is 0 Å². The van der Waals surface area contributed by atoms with Crippen LogP contribution in [0.2, 0.25) is 0 Å². The molecule has 1 aliphatic rings. The Balaban J connectivity index is 1.72. The zero-order chi connectivity index (χ0) is 19.5. The lowest BCUT2D eigenvalue weighted by molar-refractivity contribution is 0.0933. The monoisotopic (exact) mass is 377 g/mol. The molecule has 5 rings (SSSR count). The van der Waals surface area contributed by atoms with Crippen LogP contribution in [-0.4, -0.2) is 34.8 Å². The predicted octanol–water partition coefficient (Wildman–Crippen LogP) is 2.22. The van der Waals surface area contributed by atoms with E-state index < -0.39 is 5.60 Å². The summed E-state index contributed by atoms with van der Waals surface area (Å²) in [5.41, 5.74) is 7.16. The Morgan fingerprint density at radius 2 is 2.04 bits per heavy atom. The van der Waals surface area contributed by atoms with Crippen LogP contribution in [0.1, 0.15) is 48.5 Å². The fourth-order valence-corrected chi connectivity index (χ4v) is 3.37. The molecule has 142 valence electrons. The molecule has 1 aromatic carbocycles. The summed E-state index contributed by atoms with van der Waals surface area (Å²) >= 11 is 0. The van der Waals surface area contributed by atoms with Crippen molar-refractivity contribution in [2.75, 3.05) is 5.73 Å². The SMILES string of the molecule is Cc1cc(C(C)(O)c2ccc3nc(C4CC4)n(-c4ncnc(N)n4)c3c2)no1. The minimum Gasteiger partial charge on any atom is -0.379 e. The van der Waals surface area contributed by atoms with Crippen molar-refractivity contribution in [2.45, 2.75) is 38.2 Å². The minimum atomic E-state index is -1.32. The number of rotatable bonds is 4. The number of aliphatic hydroxyl groups is 1. The summed E-state index contributed by atoms with van der Waals surface area (Å²) < 4.78 is 7.04. The van der Waals surface area contributed by atoms with Crippen LogP contribution in [0.5, 0.6) is 0 Å². The van der Waals surface area contributed by atoms with E-state index in [0.717, 1.165) is 29.7 Å². The van der Waals surface area contributed by atoms with Gasteiger partial charge in [-0.1, -0.05) is 11.2 Å². The summed E-state index contributed by atoms with van der Waals surface area (Å²) in [5, 5.41) is 15.1. The molecular formula is C19H19N7O2. The van der Waals surface area contributed by atoms with Crippen LogP contribution in [0, 0.1) is 6.92 Å². The van der Waals surface area contributed by atoms with Gasteiger partial charge in [0.05, 0.1) is 11.0 Å². The highest BCUT2D eigenvalue weighted by atomic mass is 16.5. The summed E-state index contributed by atoms with van der Waals surface area (Å²) in [4.78, 5) is 17.2.